The number of likely N-dealkylation sites (tertiary alicyclic amines) is 1. The molecular weight excluding hydrogens is 456 g/mol. The summed E-state index contributed by atoms with van der Waals surface area (Å²) in [4.78, 5) is 30.0. The van der Waals surface area contributed by atoms with Crippen molar-refractivity contribution in [3.63, 3.8) is 0 Å². The van der Waals surface area contributed by atoms with Gasteiger partial charge in [0.2, 0.25) is 0 Å². The summed E-state index contributed by atoms with van der Waals surface area (Å²) < 4.78 is 11.1. The zero-order chi connectivity index (χ0) is 24.1. The van der Waals surface area contributed by atoms with Crippen LogP contribution in [0, 0.1) is 0 Å². The Bertz CT molecular complexity index is 1090. The normalized spacial score (nSPS) is 20.5. The maximum atomic E-state index is 13.2. The highest BCUT2D eigenvalue weighted by Gasteiger charge is 2.46. The lowest BCUT2D eigenvalue weighted by atomic mass is 9.95. The van der Waals surface area contributed by atoms with Gasteiger partial charge in [-0.05, 0) is 42.0 Å². The van der Waals surface area contributed by atoms with Gasteiger partial charge in [0.25, 0.3) is 11.7 Å². The van der Waals surface area contributed by atoms with E-state index >= 15 is 0 Å². The second-order valence-corrected chi connectivity index (χ2v) is 8.56. The second kappa shape index (κ2) is 10.9. The van der Waals surface area contributed by atoms with Crippen LogP contribution in [0.15, 0.2) is 66.8 Å². The van der Waals surface area contributed by atoms with Crippen LogP contribution in [0.25, 0.3) is 5.76 Å². The van der Waals surface area contributed by atoms with Crippen molar-refractivity contribution in [2.75, 3.05) is 46.0 Å². The van der Waals surface area contributed by atoms with E-state index in [1.165, 1.54) is 4.90 Å². The van der Waals surface area contributed by atoms with Crippen LogP contribution in [0.4, 0.5) is 0 Å². The number of aliphatic hydroxyl groups is 1. The Balaban J connectivity index is 1.73. The summed E-state index contributed by atoms with van der Waals surface area (Å²) in [5.41, 5.74) is 1.15. The number of carbonyl (C=O) groups excluding carboxylic acids is 2. The van der Waals surface area contributed by atoms with Crippen molar-refractivity contribution in [1.29, 1.82) is 0 Å². The summed E-state index contributed by atoms with van der Waals surface area (Å²) in [6, 6.07) is 13.0. The van der Waals surface area contributed by atoms with E-state index in [0.29, 0.717) is 54.8 Å². The number of hydrogen-bond donors (Lipinski definition) is 1. The predicted octanol–water partition coefficient (Wildman–Crippen LogP) is 3.66. The standard InChI is InChI=1S/C26H27ClN2O5/c1-2-14-34-21-5-3-4-19(17-21)23-22(24(30)18-6-8-20(27)9-7-18)25(31)26(32)29(23)11-10-28-12-15-33-16-13-28/h2-9,17,23,30H,1,10-16H2/t23-/m0/s1. The number of nitrogens with zero attached hydrogens (tertiary/aromatic N) is 2. The third-order valence-corrected chi connectivity index (χ3v) is 6.21. The summed E-state index contributed by atoms with van der Waals surface area (Å²) >= 11 is 5.99. The molecule has 7 nitrogen and oxygen atoms in total. The van der Waals surface area contributed by atoms with Gasteiger partial charge in [0.15, 0.2) is 0 Å². The van der Waals surface area contributed by atoms with E-state index < -0.39 is 17.7 Å². The number of amides is 1. The minimum Gasteiger partial charge on any atom is -0.507 e. The lowest BCUT2D eigenvalue weighted by Gasteiger charge is -2.31. The van der Waals surface area contributed by atoms with Crippen LogP contribution in [0.3, 0.4) is 0 Å². The van der Waals surface area contributed by atoms with Gasteiger partial charge in [0.05, 0.1) is 24.8 Å². The average Bonchev–Trinajstić information content (AvgIpc) is 3.12. The number of ether oxygens (including phenoxy) is 2. The molecule has 2 aromatic carbocycles. The summed E-state index contributed by atoms with van der Waals surface area (Å²) in [6.07, 6.45) is 1.64. The molecule has 0 aromatic heterocycles. The van der Waals surface area contributed by atoms with Crippen LogP contribution in [-0.2, 0) is 14.3 Å². The summed E-state index contributed by atoms with van der Waals surface area (Å²) in [7, 11) is 0. The molecule has 2 aliphatic heterocycles. The van der Waals surface area contributed by atoms with Gasteiger partial charge in [-0.1, -0.05) is 36.4 Å². The Labute approximate surface area is 203 Å². The van der Waals surface area contributed by atoms with Gasteiger partial charge in [-0.3, -0.25) is 14.5 Å². The Morgan fingerprint density at radius 2 is 1.88 bits per heavy atom. The minimum absolute atomic E-state index is 0.0511. The van der Waals surface area contributed by atoms with Crippen molar-refractivity contribution >= 4 is 29.1 Å². The van der Waals surface area contributed by atoms with E-state index in [-0.39, 0.29) is 11.3 Å². The lowest BCUT2D eigenvalue weighted by molar-refractivity contribution is -0.140. The molecule has 2 aromatic rings. The first kappa shape index (κ1) is 24.0. The molecule has 1 N–H and O–H groups in total. The third kappa shape index (κ3) is 5.17. The Morgan fingerprint density at radius 3 is 2.59 bits per heavy atom. The SMILES string of the molecule is C=CCOc1cccc([C@H]2C(=C(O)c3ccc(Cl)cc3)C(=O)C(=O)N2CCN2CCOCC2)c1. The summed E-state index contributed by atoms with van der Waals surface area (Å²) in [5, 5.41) is 11.6. The molecule has 0 aliphatic carbocycles. The molecule has 178 valence electrons. The number of ketones is 1. The van der Waals surface area contributed by atoms with Gasteiger partial charge in [-0.2, -0.15) is 0 Å². The number of rotatable bonds is 8. The zero-order valence-electron chi connectivity index (χ0n) is 18.8. The maximum Gasteiger partial charge on any atom is 0.295 e. The van der Waals surface area contributed by atoms with Crippen molar-refractivity contribution in [3.05, 3.63) is 82.9 Å². The molecule has 4 rings (SSSR count). The Kier molecular flexibility index (Phi) is 7.67. The second-order valence-electron chi connectivity index (χ2n) is 8.13. The molecule has 0 saturated carbocycles. The smallest absolute Gasteiger partial charge is 0.295 e. The largest absolute Gasteiger partial charge is 0.507 e. The van der Waals surface area contributed by atoms with E-state index in [1.54, 1.807) is 48.5 Å². The highest BCUT2D eigenvalue weighted by molar-refractivity contribution is 6.46. The molecule has 0 bridgehead atoms. The van der Waals surface area contributed by atoms with Crippen molar-refractivity contribution < 1.29 is 24.2 Å². The number of hydrogen-bond acceptors (Lipinski definition) is 6. The van der Waals surface area contributed by atoms with Gasteiger partial charge in [-0.15, -0.1) is 0 Å². The molecule has 1 amide bonds. The molecular formula is C26H27ClN2O5. The monoisotopic (exact) mass is 482 g/mol. The quantitative estimate of drug-likeness (QED) is 0.268. The first-order valence-electron chi connectivity index (χ1n) is 11.2. The van der Waals surface area contributed by atoms with Crippen LogP contribution in [0.1, 0.15) is 17.2 Å². The lowest BCUT2D eigenvalue weighted by Crippen LogP contribution is -2.42. The first-order valence-corrected chi connectivity index (χ1v) is 11.6. The molecule has 1 atom stereocenters. The topological polar surface area (TPSA) is 79.3 Å². The van der Waals surface area contributed by atoms with Crippen molar-refractivity contribution in [2.24, 2.45) is 0 Å². The number of Topliss-reactive ketones (excluding diaryl/α,β-unsaturated/α-hetero) is 1. The molecule has 2 aliphatic rings. The number of morpholine rings is 1. The van der Waals surface area contributed by atoms with E-state index in [0.717, 1.165) is 13.1 Å². The van der Waals surface area contributed by atoms with E-state index in [9.17, 15) is 14.7 Å². The highest BCUT2D eigenvalue weighted by Crippen LogP contribution is 2.40. The van der Waals surface area contributed by atoms with Gasteiger partial charge >= 0.3 is 0 Å². The van der Waals surface area contributed by atoms with Gasteiger partial charge in [0, 0.05) is 36.8 Å². The Hall–Kier alpha value is -3.13. The number of aliphatic hydroxyl groups excluding tert-OH is 1. The molecule has 2 saturated heterocycles. The van der Waals surface area contributed by atoms with Crippen LogP contribution < -0.4 is 4.74 Å². The minimum atomic E-state index is -0.746. The maximum absolute atomic E-state index is 13.2. The van der Waals surface area contributed by atoms with Gasteiger partial charge in [-0.25, -0.2) is 0 Å². The molecule has 2 fully saturated rings. The zero-order valence-corrected chi connectivity index (χ0v) is 19.5. The predicted molar refractivity (Wildman–Crippen MR) is 130 cm³/mol. The van der Waals surface area contributed by atoms with Crippen LogP contribution in [-0.4, -0.2) is 72.6 Å². The van der Waals surface area contributed by atoms with E-state index in [4.69, 9.17) is 21.1 Å². The van der Waals surface area contributed by atoms with E-state index in [1.807, 2.05) is 6.07 Å². The fourth-order valence-electron chi connectivity index (χ4n) is 4.22. The number of benzene rings is 2. The first-order chi connectivity index (χ1) is 16.5. The molecule has 0 spiro atoms. The fraction of sp³-hybridized carbons (Fsp3) is 0.308. The van der Waals surface area contributed by atoms with Crippen LogP contribution in [0.5, 0.6) is 5.75 Å². The summed E-state index contributed by atoms with van der Waals surface area (Å²) in [5.74, 6) is -0.989. The van der Waals surface area contributed by atoms with Crippen molar-refractivity contribution in [1.82, 2.24) is 9.80 Å². The molecule has 0 radical (unpaired) electrons. The average molecular weight is 483 g/mol. The number of halogens is 1. The Morgan fingerprint density at radius 1 is 1.15 bits per heavy atom. The number of carbonyl (C=O) groups is 2. The van der Waals surface area contributed by atoms with Crippen molar-refractivity contribution in [2.45, 2.75) is 6.04 Å². The molecule has 0 unspecified atom stereocenters. The third-order valence-electron chi connectivity index (χ3n) is 5.96. The molecule has 8 heteroatoms. The van der Waals surface area contributed by atoms with Crippen LogP contribution in [0.2, 0.25) is 5.02 Å². The van der Waals surface area contributed by atoms with E-state index in [2.05, 4.69) is 11.5 Å². The van der Waals surface area contributed by atoms with Crippen molar-refractivity contribution in [3.8, 4) is 5.75 Å². The molecule has 34 heavy (non-hydrogen) atoms. The van der Waals surface area contributed by atoms with Gasteiger partial charge < -0.3 is 19.5 Å². The highest BCUT2D eigenvalue weighted by atomic mass is 35.5. The molecule has 2 heterocycles. The van der Waals surface area contributed by atoms with Crippen LogP contribution >= 0.6 is 11.6 Å². The summed E-state index contributed by atoms with van der Waals surface area (Å²) in [6.45, 7) is 7.74. The fourth-order valence-corrected chi connectivity index (χ4v) is 4.35. The van der Waals surface area contributed by atoms with Gasteiger partial charge in [0.1, 0.15) is 18.1 Å².